The molecule has 0 spiro atoms. The molecule has 1 aromatic heterocycles. The molecule has 4 nitrogen and oxygen atoms in total. The van der Waals surface area contributed by atoms with Gasteiger partial charge in [0, 0.05) is 15.7 Å². The summed E-state index contributed by atoms with van der Waals surface area (Å²) in [5.74, 6) is 0.565. The molecule has 0 saturated heterocycles. The van der Waals surface area contributed by atoms with Gasteiger partial charge in [-0.05, 0) is 55.0 Å². The van der Waals surface area contributed by atoms with Gasteiger partial charge in [0.25, 0.3) is 5.91 Å². The van der Waals surface area contributed by atoms with Crippen LogP contribution >= 0.6 is 15.9 Å². The molecule has 1 heterocycles. The van der Waals surface area contributed by atoms with Crippen molar-refractivity contribution in [3.05, 3.63) is 82.5 Å². The van der Waals surface area contributed by atoms with Crippen molar-refractivity contribution in [2.24, 2.45) is 0 Å². The Kier molecular flexibility index (Phi) is 4.91. The first-order valence-corrected chi connectivity index (χ1v) is 8.27. The summed E-state index contributed by atoms with van der Waals surface area (Å²) in [6, 6.07) is 18.9. The maximum absolute atomic E-state index is 12.2. The Labute approximate surface area is 149 Å². The number of amides is 1. The Morgan fingerprint density at radius 1 is 1.00 bits per heavy atom. The minimum atomic E-state index is -0.163. The standard InChI is InChI=1S/C19H16BrN3O/c1-13-4-2-3-5-17(13)23-18-11-10-16(12-21-18)22-19(24)14-6-8-15(20)9-7-14/h2-12H,1H3,(H,21,23)(H,22,24). The smallest absolute Gasteiger partial charge is 0.255 e. The van der Waals surface area contributed by atoms with Crippen LogP contribution < -0.4 is 10.6 Å². The number of hydrogen-bond acceptors (Lipinski definition) is 3. The summed E-state index contributed by atoms with van der Waals surface area (Å²) < 4.78 is 0.937. The van der Waals surface area contributed by atoms with Gasteiger partial charge in [-0.15, -0.1) is 0 Å². The first kappa shape index (κ1) is 16.2. The van der Waals surface area contributed by atoms with Gasteiger partial charge in [0.1, 0.15) is 5.82 Å². The summed E-state index contributed by atoms with van der Waals surface area (Å²) in [4.78, 5) is 16.5. The monoisotopic (exact) mass is 381 g/mol. The number of aryl methyl sites for hydroxylation is 1. The highest BCUT2D eigenvalue weighted by molar-refractivity contribution is 9.10. The summed E-state index contributed by atoms with van der Waals surface area (Å²) >= 11 is 3.35. The Balaban J connectivity index is 1.67. The molecule has 3 aromatic rings. The van der Waals surface area contributed by atoms with E-state index in [1.165, 1.54) is 0 Å². The number of rotatable bonds is 4. The first-order valence-electron chi connectivity index (χ1n) is 7.47. The molecular weight excluding hydrogens is 366 g/mol. The van der Waals surface area contributed by atoms with Crippen LogP contribution in [0, 0.1) is 6.92 Å². The van der Waals surface area contributed by atoms with Crippen LogP contribution in [0.2, 0.25) is 0 Å². The van der Waals surface area contributed by atoms with E-state index >= 15 is 0 Å². The number of benzene rings is 2. The molecular formula is C19H16BrN3O. The Morgan fingerprint density at radius 3 is 2.42 bits per heavy atom. The van der Waals surface area contributed by atoms with Crippen LogP contribution in [0.15, 0.2) is 71.3 Å². The van der Waals surface area contributed by atoms with Gasteiger partial charge in [0.05, 0.1) is 11.9 Å². The quantitative estimate of drug-likeness (QED) is 0.656. The van der Waals surface area contributed by atoms with Gasteiger partial charge >= 0.3 is 0 Å². The number of anilines is 3. The third-order valence-electron chi connectivity index (χ3n) is 3.54. The topological polar surface area (TPSA) is 54.0 Å². The molecule has 0 aliphatic rings. The lowest BCUT2D eigenvalue weighted by Crippen LogP contribution is -2.11. The second-order valence-electron chi connectivity index (χ2n) is 5.33. The lowest BCUT2D eigenvalue weighted by molar-refractivity contribution is 0.102. The fraction of sp³-hybridized carbons (Fsp3) is 0.0526. The molecule has 0 aliphatic carbocycles. The molecule has 3 rings (SSSR count). The number of pyridine rings is 1. The average molecular weight is 382 g/mol. The van der Waals surface area contributed by atoms with Crippen molar-refractivity contribution in [3.63, 3.8) is 0 Å². The third-order valence-corrected chi connectivity index (χ3v) is 4.06. The normalized spacial score (nSPS) is 10.2. The van der Waals surface area contributed by atoms with Gasteiger partial charge in [0.15, 0.2) is 0 Å². The van der Waals surface area contributed by atoms with E-state index in [4.69, 9.17) is 0 Å². The Hall–Kier alpha value is -2.66. The molecule has 0 atom stereocenters. The van der Waals surface area contributed by atoms with Gasteiger partial charge in [-0.3, -0.25) is 4.79 Å². The molecule has 0 fully saturated rings. The van der Waals surface area contributed by atoms with E-state index in [9.17, 15) is 4.79 Å². The highest BCUT2D eigenvalue weighted by Gasteiger charge is 2.06. The molecule has 0 bridgehead atoms. The number of hydrogen-bond donors (Lipinski definition) is 2. The summed E-state index contributed by atoms with van der Waals surface area (Å²) in [5, 5.41) is 6.10. The van der Waals surface area contributed by atoms with Crippen LogP contribution in [0.25, 0.3) is 0 Å². The third kappa shape index (κ3) is 4.00. The zero-order valence-corrected chi connectivity index (χ0v) is 14.7. The molecule has 2 aromatic carbocycles. The van der Waals surface area contributed by atoms with Crippen molar-refractivity contribution < 1.29 is 4.79 Å². The van der Waals surface area contributed by atoms with E-state index in [1.54, 1.807) is 18.3 Å². The van der Waals surface area contributed by atoms with E-state index in [0.29, 0.717) is 11.3 Å². The lowest BCUT2D eigenvalue weighted by Gasteiger charge is -2.09. The van der Waals surface area contributed by atoms with E-state index < -0.39 is 0 Å². The number of halogens is 1. The molecule has 120 valence electrons. The van der Waals surface area contributed by atoms with Crippen LogP contribution in [-0.4, -0.2) is 10.9 Å². The molecule has 0 radical (unpaired) electrons. The highest BCUT2D eigenvalue weighted by Crippen LogP contribution is 2.20. The van der Waals surface area contributed by atoms with Gasteiger partial charge in [0.2, 0.25) is 0 Å². The van der Waals surface area contributed by atoms with E-state index in [2.05, 4.69) is 31.5 Å². The fourth-order valence-electron chi connectivity index (χ4n) is 2.20. The van der Waals surface area contributed by atoms with Crippen molar-refractivity contribution in [1.82, 2.24) is 4.98 Å². The summed E-state index contributed by atoms with van der Waals surface area (Å²) in [6.07, 6.45) is 1.64. The van der Waals surface area contributed by atoms with Crippen molar-refractivity contribution >= 4 is 39.0 Å². The van der Waals surface area contributed by atoms with Gasteiger partial charge < -0.3 is 10.6 Å². The van der Waals surface area contributed by atoms with Crippen molar-refractivity contribution in [3.8, 4) is 0 Å². The SMILES string of the molecule is Cc1ccccc1Nc1ccc(NC(=O)c2ccc(Br)cc2)cn1. The first-order chi connectivity index (χ1) is 11.6. The molecule has 0 aliphatic heterocycles. The molecule has 24 heavy (non-hydrogen) atoms. The van der Waals surface area contributed by atoms with E-state index in [0.717, 1.165) is 21.5 Å². The van der Waals surface area contributed by atoms with Crippen LogP contribution in [0.1, 0.15) is 15.9 Å². The number of carbonyl (C=O) groups excluding carboxylic acids is 1. The second-order valence-corrected chi connectivity index (χ2v) is 6.25. The van der Waals surface area contributed by atoms with Gasteiger partial charge in [-0.2, -0.15) is 0 Å². The molecule has 1 amide bonds. The largest absolute Gasteiger partial charge is 0.340 e. The van der Waals surface area contributed by atoms with Crippen LogP contribution in [0.3, 0.4) is 0 Å². The van der Waals surface area contributed by atoms with E-state index in [-0.39, 0.29) is 5.91 Å². The highest BCUT2D eigenvalue weighted by atomic mass is 79.9. The maximum Gasteiger partial charge on any atom is 0.255 e. The Bertz CT molecular complexity index is 845. The number of carbonyl (C=O) groups is 1. The maximum atomic E-state index is 12.2. The molecule has 5 heteroatoms. The van der Waals surface area contributed by atoms with Crippen molar-refractivity contribution in [1.29, 1.82) is 0 Å². The second kappa shape index (κ2) is 7.27. The van der Waals surface area contributed by atoms with Crippen LogP contribution in [0.4, 0.5) is 17.2 Å². The minimum Gasteiger partial charge on any atom is -0.340 e. The fourth-order valence-corrected chi connectivity index (χ4v) is 2.46. The summed E-state index contributed by atoms with van der Waals surface area (Å²) in [7, 11) is 0. The summed E-state index contributed by atoms with van der Waals surface area (Å²) in [5.41, 5.74) is 3.40. The molecule has 0 saturated carbocycles. The van der Waals surface area contributed by atoms with Gasteiger partial charge in [-0.1, -0.05) is 34.1 Å². The number of nitrogens with one attached hydrogen (secondary N) is 2. The molecule has 2 N–H and O–H groups in total. The summed E-state index contributed by atoms with van der Waals surface area (Å²) in [6.45, 7) is 2.04. The van der Waals surface area contributed by atoms with Crippen LogP contribution in [-0.2, 0) is 0 Å². The van der Waals surface area contributed by atoms with Crippen molar-refractivity contribution in [2.45, 2.75) is 6.92 Å². The predicted molar refractivity (Wildman–Crippen MR) is 101 cm³/mol. The minimum absolute atomic E-state index is 0.163. The zero-order valence-electron chi connectivity index (χ0n) is 13.1. The zero-order chi connectivity index (χ0) is 16.9. The Morgan fingerprint density at radius 2 is 1.75 bits per heavy atom. The number of aromatic nitrogens is 1. The number of para-hydroxylation sites is 1. The lowest BCUT2D eigenvalue weighted by atomic mass is 10.2. The predicted octanol–water partition coefficient (Wildman–Crippen LogP) is 5.15. The molecule has 0 unspecified atom stereocenters. The van der Waals surface area contributed by atoms with Crippen molar-refractivity contribution in [2.75, 3.05) is 10.6 Å². The van der Waals surface area contributed by atoms with Crippen LogP contribution in [0.5, 0.6) is 0 Å². The van der Waals surface area contributed by atoms with E-state index in [1.807, 2.05) is 55.5 Å². The average Bonchev–Trinajstić information content (AvgIpc) is 2.59. The number of nitrogens with zero attached hydrogens (tertiary/aromatic N) is 1. The van der Waals surface area contributed by atoms with Gasteiger partial charge in [-0.25, -0.2) is 4.98 Å².